The molecule has 0 amide bonds. The van der Waals surface area contributed by atoms with Crippen LogP contribution in [0.4, 0.5) is 0 Å². The van der Waals surface area contributed by atoms with E-state index in [0.29, 0.717) is 15.6 Å². The number of fused-ring (bicyclic) bond motifs is 6. The molecule has 5 aliphatic rings. The molecule has 3 saturated carbocycles. The maximum Gasteiger partial charge on any atom is 0.0577 e. The number of thioether (sulfide) groups is 1. The molecule has 2 heteroatoms. The van der Waals surface area contributed by atoms with Crippen LogP contribution in [0.15, 0.2) is 11.6 Å². The third-order valence-corrected chi connectivity index (χ3v) is 10.5. The minimum atomic E-state index is -0.0673. The second kappa shape index (κ2) is 4.36. The molecule has 22 heavy (non-hydrogen) atoms. The normalized spacial score (nSPS) is 59.5. The number of aliphatic hydroxyl groups is 1. The maximum absolute atomic E-state index is 10.1. The fraction of sp³-hybridized carbons (Fsp3) is 0.900. The fourth-order valence-corrected chi connectivity index (χ4v) is 8.79. The molecule has 1 spiro atoms. The summed E-state index contributed by atoms with van der Waals surface area (Å²) in [5.74, 6) is 4.25. The average Bonchev–Trinajstić information content (AvgIpc) is 3.22. The molecule has 0 radical (unpaired) electrons. The van der Waals surface area contributed by atoms with Gasteiger partial charge in [-0.1, -0.05) is 25.5 Å². The predicted molar refractivity (Wildman–Crippen MR) is 92.9 cm³/mol. The van der Waals surface area contributed by atoms with E-state index < -0.39 is 0 Å². The lowest BCUT2D eigenvalue weighted by Crippen LogP contribution is -2.51. The Balaban J connectivity index is 1.51. The third kappa shape index (κ3) is 1.62. The smallest absolute Gasteiger partial charge is 0.0577 e. The van der Waals surface area contributed by atoms with E-state index >= 15 is 0 Å². The summed E-state index contributed by atoms with van der Waals surface area (Å²) in [5.41, 5.74) is 2.66. The summed E-state index contributed by atoms with van der Waals surface area (Å²) < 4.78 is 0.691. The highest BCUT2D eigenvalue weighted by Gasteiger charge is 2.68. The Hall–Kier alpha value is 0.0500. The summed E-state index contributed by atoms with van der Waals surface area (Å²) >= 11 is 2.28. The number of aliphatic hydroxyl groups excluding tert-OH is 1. The van der Waals surface area contributed by atoms with Crippen molar-refractivity contribution in [2.45, 2.75) is 76.1 Å². The Morgan fingerprint density at radius 3 is 2.64 bits per heavy atom. The lowest BCUT2D eigenvalue weighted by atomic mass is 9.47. The molecule has 0 aromatic heterocycles. The number of rotatable bonds is 0. The predicted octanol–water partition coefficient (Wildman–Crippen LogP) is 4.80. The van der Waals surface area contributed by atoms with Gasteiger partial charge in [-0.2, -0.15) is 11.8 Å². The average molecular weight is 319 g/mol. The standard InChI is InChI=1S/C20H30OS/c1-18-8-5-14(21)11-13(18)3-4-15-16(18)6-9-19(2)17(15)7-10-20(19)12-22-20/h3,14-17,21H,4-12H2,1-2H3/t14-,15-,16+,17-,18-,19-,20-/m0/s1. The molecule has 1 saturated heterocycles. The SMILES string of the molecule is C[C@]12CC[C@H](O)CC1=CC[C@H]1[C@H]2CC[C@@]2(C)[C@H]1CC[C@]21CS1. The van der Waals surface area contributed by atoms with Crippen molar-refractivity contribution >= 4 is 11.8 Å². The van der Waals surface area contributed by atoms with Crippen molar-refractivity contribution in [3.8, 4) is 0 Å². The van der Waals surface area contributed by atoms with Gasteiger partial charge in [0.25, 0.3) is 0 Å². The van der Waals surface area contributed by atoms with E-state index in [2.05, 4.69) is 31.7 Å². The van der Waals surface area contributed by atoms with Gasteiger partial charge in [0.05, 0.1) is 6.10 Å². The molecular formula is C20H30OS. The van der Waals surface area contributed by atoms with Gasteiger partial charge in [-0.15, -0.1) is 0 Å². The Bertz CT molecular complexity index is 536. The molecule has 1 heterocycles. The summed E-state index contributed by atoms with van der Waals surface area (Å²) in [7, 11) is 0. The molecule has 0 aromatic carbocycles. The number of hydrogen-bond donors (Lipinski definition) is 1. The van der Waals surface area contributed by atoms with Gasteiger partial charge in [0.1, 0.15) is 0 Å². The minimum absolute atomic E-state index is 0.0673. The summed E-state index contributed by atoms with van der Waals surface area (Å²) in [6, 6.07) is 0. The first kappa shape index (κ1) is 14.4. The summed E-state index contributed by atoms with van der Waals surface area (Å²) in [4.78, 5) is 0. The van der Waals surface area contributed by atoms with E-state index in [0.717, 1.165) is 30.6 Å². The summed E-state index contributed by atoms with van der Waals surface area (Å²) in [6.07, 6.45) is 12.9. The van der Waals surface area contributed by atoms with Gasteiger partial charge in [-0.25, -0.2) is 0 Å². The third-order valence-electron chi connectivity index (χ3n) is 8.86. The van der Waals surface area contributed by atoms with Crippen molar-refractivity contribution in [2.24, 2.45) is 28.6 Å². The first-order valence-corrected chi connectivity index (χ1v) is 10.5. The van der Waals surface area contributed by atoms with Gasteiger partial charge in [0.15, 0.2) is 0 Å². The molecule has 5 rings (SSSR count). The van der Waals surface area contributed by atoms with Crippen molar-refractivity contribution < 1.29 is 5.11 Å². The zero-order valence-electron chi connectivity index (χ0n) is 14.1. The molecule has 7 atom stereocenters. The van der Waals surface area contributed by atoms with E-state index in [4.69, 9.17) is 0 Å². The molecule has 0 unspecified atom stereocenters. The van der Waals surface area contributed by atoms with Crippen molar-refractivity contribution in [3.05, 3.63) is 11.6 Å². The zero-order chi connectivity index (χ0) is 15.2. The Morgan fingerprint density at radius 1 is 1.09 bits per heavy atom. The molecule has 1 N–H and O–H groups in total. The van der Waals surface area contributed by atoms with E-state index in [-0.39, 0.29) is 6.10 Å². The van der Waals surface area contributed by atoms with Crippen molar-refractivity contribution in [1.82, 2.24) is 0 Å². The summed E-state index contributed by atoms with van der Waals surface area (Å²) in [5, 5.41) is 10.1. The van der Waals surface area contributed by atoms with E-state index in [1.54, 1.807) is 5.57 Å². The second-order valence-electron chi connectivity index (χ2n) is 9.43. The van der Waals surface area contributed by atoms with Crippen LogP contribution in [-0.2, 0) is 0 Å². The molecule has 0 aromatic rings. The van der Waals surface area contributed by atoms with Gasteiger partial charge in [0, 0.05) is 10.5 Å². The fourth-order valence-electron chi connectivity index (χ4n) is 7.30. The van der Waals surface area contributed by atoms with E-state index in [1.807, 2.05) is 0 Å². The van der Waals surface area contributed by atoms with Crippen LogP contribution in [0.2, 0.25) is 0 Å². The van der Waals surface area contributed by atoms with Crippen molar-refractivity contribution in [1.29, 1.82) is 0 Å². The molecule has 1 aliphatic heterocycles. The van der Waals surface area contributed by atoms with E-state index in [9.17, 15) is 5.11 Å². The van der Waals surface area contributed by atoms with Crippen LogP contribution in [0.3, 0.4) is 0 Å². The van der Waals surface area contributed by atoms with E-state index in [1.165, 1.54) is 44.3 Å². The van der Waals surface area contributed by atoms with Crippen LogP contribution in [0.25, 0.3) is 0 Å². The summed E-state index contributed by atoms with van der Waals surface area (Å²) in [6.45, 7) is 5.19. The Labute approximate surface area is 139 Å². The van der Waals surface area contributed by atoms with Crippen LogP contribution >= 0.6 is 11.8 Å². The highest BCUT2D eigenvalue weighted by Crippen LogP contribution is 2.74. The van der Waals surface area contributed by atoms with Gasteiger partial charge in [-0.3, -0.25) is 0 Å². The van der Waals surface area contributed by atoms with Gasteiger partial charge < -0.3 is 5.11 Å². The zero-order valence-corrected chi connectivity index (χ0v) is 14.9. The highest BCUT2D eigenvalue weighted by atomic mass is 32.2. The monoisotopic (exact) mass is 318 g/mol. The second-order valence-corrected chi connectivity index (χ2v) is 10.8. The van der Waals surface area contributed by atoms with Crippen LogP contribution in [0.5, 0.6) is 0 Å². The van der Waals surface area contributed by atoms with Crippen LogP contribution in [0.1, 0.15) is 65.2 Å². The highest BCUT2D eigenvalue weighted by molar-refractivity contribution is 8.08. The Morgan fingerprint density at radius 2 is 1.86 bits per heavy atom. The van der Waals surface area contributed by atoms with Crippen LogP contribution < -0.4 is 0 Å². The van der Waals surface area contributed by atoms with Crippen LogP contribution in [0, 0.1) is 28.6 Å². The van der Waals surface area contributed by atoms with Gasteiger partial charge in [0.2, 0.25) is 0 Å². The minimum Gasteiger partial charge on any atom is -0.393 e. The molecule has 122 valence electrons. The molecule has 1 nitrogen and oxygen atoms in total. The lowest BCUT2D eigenvalue weighted by Gasteiger charge is -2.58. The topological polar surface area (TPSA) is 20.2 Å². The van der Waals surface area contributed by atoms with Crippen molar-refractivity contribution in [3.63, 3.8) is 0 Å². The molecule has 0 bridgehead atoms. The van der Waals surface area contributed by atoms with Gasteiger partial charge >= 0.3 is 0 Å². The quantitative estimate of drug-likeness (QED) is 0.511. The molecule has 4 aliphatic carbocycles. The molecule has 4 fully saturated rings. The first-order valence-electron chi connectivity index (χ1n) is 9.50. The largest absolute Gasteiger partial charge is 0.393 e. The van der Waals surface area contributed by atoms with Crippen molar-refractivity contribution in [2.75, 3.05) is 5.75 Å². The van der Waals surface area contributed by atoms with Gasteiger partial charge in [-0.05, 0) is 80.0 Å². The first-order chi connectivity index (χ1) is 10.5. The molecular weight excluding hydrogens is 288 g/mol. The number of allylic oxidation sites excluding steroid dienone is 1. The number of hydrogen-bond acceptors (Lipinski definition) is 2. The Kier molecular flexibility index (Phi) is 2.85. The van der Waals surface area contributed by atoms with Crippen LogP contribution in [-0.4, -0.2) is 21.7 Å². The maximum atomic E-state index is 10.1. The lowest BCUT2D eigenvalue weighted by molar-refractivity contribution is -0.0397.